The van der Waals surface area contributed by atoms with Crippen LogP contribution in [0.3, 0.4) is 0 Å². The van der Waals surface area contributed by atoms with Gasteiger partial charge in [0.05, 0.1) is 6.61 Å². The number of amides is 1. The van der Waals surface area contributed by atoms with Gasteiger partial charge in [-0.05, 0) is 48.7 Å². The van der Waals surface area contributed by atoms with Gasteiger partial charge in [-0.3, -0.25) is 4.79 Å². The fourth-order valence-corrected chi connectivity index (χ4v) is 2.11. The Balaban J connectivity index is 1.92. The largest absolute Gasteiger partial charge is 0.493 e. The minimum absolute atomic E-state index is 0.155. The van der Waals surface area contributed by atoms with Crippen molar-refractivity contribution in [3.63, 3.8) is 0 Å². The van der Waals surface area contributed by atoms with Gasteiger partial charge in [-0.2, -0.15) is 0 Å². The van der Waals surface area contributed by atoms with Crippen molar-refractivity contribution in [3.05, 3.63) is 54.6 Å². The van der Waals surface area contributed by atoms with Gasteiger partial charge in [-0.15, -0.1) is 0 Å². The highest BCUT2D eigenvalue weighted by atomic mass is 16.5. The molecule has 1 atom stereocenters. The van der Waals surface area contributed by atoms with Gasteiger partial charge in [0.2, 0.25) is 0 Å². The smallest absolute Gasteiger partial charge is 0.265 e. The van der Waals surface area contributed by atoms with Crippen molar-refractivity contribution >= 4 is 11.6 Å². The van der Waals surface area contributed by atoms with E-state index in [0.29, 0.717) is 24.7 Å². The summed E-state index contributed by atoms with van der Waals surface area (Å²) in [5.41, 5.74) is 0.729. The Hall–Kier alpha value is -2.49. The Morgan fingerprint density at radius 1 is 1.00 bits per heavy atom. The molecule has 0 aromatic heterocycles. The SMILES string of the molecule is CCC(Oc1ccccc1)C(=O)Nc1ccc(OCC(C)C)cc1. The molecule has 0 aliphatic rings. The van der Waals surface area contributed by atoms with Crippen LogP contribution in [0.5, 0.6) is 11.5 Å². The fraction of sp³-hybridized carbons (Fsp3) is 0.350. The molecule has 1 amide bonds. The quantitative estimate of drug-likeness (QED) is 0.775. The monoisotopic (exact) mass is 327 g/mol. The summed E-state index contributed by atoms with van der Waals surface area (Å²) in [6.45, 7) is 6.81. The number of nitrogens with one attached hydrogen (secondary N) is 1. The van der Waals surface area contributed by atoms with E-state index >= 15 is 0 Å². The van der Waals surface area contributed by atoms with Crippen LogP contribution in [0.25, 0.3) is 0 Å². The maximum Gasteiger partial charge on any atom is 0.265 e. The van der Waals surface area contributed by atoms with Crippen LogP contribution in [-0.4, -0.2) is 18.6 Å². The van der Waals surface area contributed by atoms with Gasteiger partial charge in [0.1, 0.15) is 11.5 Å². The summed E-state index contributed by atoms with van der Waals surface area (Å²) in [6, 6.07) is 16.8. The number of carbonyl (C=O) groups excluding carboxylic acids is 1. The number of carbonyl (C=O) groups is 1. The lowest BCUT2D eigenvalue weighted by atomic mass is 10.2. The van der Waals surface area contributed by atoms with Gasteiger partial charge in [-0.1, -0.05) is 39.0 Å². The predicted molar refractivity (Wildman–Crippen MR) is 96.6 cm³/mol. The predicted octanol–water partition coefficient (Wildman–Crippen LogP) is 4.52. The summed E-state index contributed by atoms with van der Waals surface area (Å²) in [5, 5.41) is 2.89. The number of hydrogen-bond donors (Lipinski definition) is 1. The Morgan fingerprint density at radius 2 is 1.67 bits per heavy atom. The van der Waals surface area contributed by atoms with E-state index < -0.39 is 6.10 Å². The van der Waals surface area contributed by atoms with Crippen molar-refractivity contribution in [3.8, 4) is 11.5 Å². The van der Waals surface area contributed by atoms with Crippen LogP contribution in [0.15, 0.2) is 54.6 Å². The molecular weight excluding hydrogens is 302 g/mol. The zero-order valence-corrected chi connectivity index (χ0v) is 14.5. The van der Waals surface area contributed by atoms with E-state index in [1.807, 2.05) is 61.5 Å². The molecule has 1 unspecified atom stereocenters. The lowest BCUT2D eigenvalue weighted by Gasteiger charge is -2.17. The van der Waals surface area contributed by atoms with Crippen molar-refractivity contribution < 1.29 is 14.3 Å². The first-order chi connectivity index (χ1) is 11.6. The molecule has 0 saturated carbocycles. The van der Waals surface area contributed by atoms with E-state index in [9.17, 15) is 4.79 Å². The van der Waals surface area contributed by atoms with E-state index in [-0.39, 0.29) is 5.91 Å². The third kappa shape index (κ3) is 5.61. The number of para-hydroxylation sites is 1. The lowest BCUT2D eigenvalue weighted by Crippen LogP contribution is -2.32. The summed E-state index contributed by atoms with van der Waals surface area (Å²) in [6.07, 6.45) is 0.0697. The van der Waals surface area contributed by atoms with Crippen molar-refractivity contribution in [2.45, 2.75) is 33.3 Å². The van der Waals surface area contributed by atoms with Gasteiger partial charge in [-0.25, -0.2) is 0 Å². The second kappa shape index (κ2) is 8.96. The fourth-order valence-electron chi connectivity index (χ4n) is 2.11. The third-order valence-corrected chi connectivity index (χ3v) is 3.39. The van der Waals surface area contributed by atoms with Crippen LogP contribution >= 0.6 is 0 Å². The van der Waals surface area contributed by atoms with E-state index in [2.05, 4.69) is 19.2 Å². The van der Waals surface area contributed by atoms with E-state index in [4.69, 9.17) is 9.47 Å². The van der Waals surface area contributed by atoms with Gasteiger partial charge in [0.15, 0.2) is 6.10 Å². The first-order valence-electron chi connectivity index (χ1n) is 8.34. The molecule has 128 valence electrons. The molecule has 4 heteroatoms. The molecule has 0 fully saturated rings. The van der Waals surface area contributed by atoms with Gasteiger partial charge in [0.25, 0.3) is 5.91 Å². The van der Waals surface area contributed by atoms with Crippen molar-refractivity contribution in [2.24, 2.45) is 5.92 Å². The normalized spacial score (nSPS) is 11.8. The Bertz CT molecular complexity index is 623. The standard InChI is InChI=1S/C20H25NO3/c1-4-19(24-18-8-6-5-7-9-18)20(22)21-16-10-12-17(13-11-16)23-14-15(2)3/h5-13,15,19H,4,14H2,1-3H3,(H,21,22). The number of hydrogen-bond acceptors (Lipinski definition) is 3. The van der Waals surface area contributed by atoms with Crippen LogP contribution in [0.2, 0.25) is 0 Å². The van der Waals surface area contributed by atoms with E-state index in [1.165, 1.54) is 0 Å². The molecule has 0 bridgehead atoms. The molecule has 0 radical (unpaired) electrons. The van der Waals surface area contributed by atoms with Gasteiger partial charge < -0.3 is 14.8 Å². The van der Waals surface area contributed by atoms with Crippen molar-refractivity contribution in [1.29, 1.82) is 0 Å². The molecule has 24 heavy (non-hydrogen) atoms. The molecule has 0 saturated heterocycles. The molecule has 0 heterocycles. The zero-order valence-electron chi connectivity index (χ0n) is 14.5. The van der Waals surface area contributed by atoms with E-state index in [0.717, 1.165) is 11.4 Å². The molecule has 2 rings (SSSR count). The maximum atomic E-state index is 12.4. The molecule has 0 aliphatic carbocycles. The molecule has 2 aromatic carbocycles. The van der Waals surface area contributed by atoms with Crippen LogP contribution in [0, 0.1) is 5.92 Å². The Labute approximate surface area is 143 Å². The van der Waals surface area contributed by atoms with Crippen LogP contribution in [0.1, 0.15) is 27.2 Å². The highest BCUT2D eigenvalue weighted by molar-refractivity contribution is 5.94. The summed E-state index contributed by atoms with van der Waals surface area (Å²) < 4.78 is 11.4. The number of benzene rings is 2. The summed E-state index contributed by atoms with van der Waals surface area (Å²) in [7, 11) is 0. The highest BCUT2D eigenvalue weighted by Gasteiger charge is 2.18. The summed E-state index contributed by atoms with van der Waals surface area (Å²) in [5.74, 6) is 1.81. The second-order valence-corrected chi connectivity index (χ2v) is 6.05. The van der Waals surface area contributed by atoms with E-state index in [1.54, 1.807) is 0 Å². The lowest BCUT2D eigenvalue weighted by molar-refractivity contribution is -0.122. The van der Waals surface area contributed by atoms with Crippen LogP contribution in [0.4, 0.5) is 5.69 Å². The summed E-state index contributed by atoms with van der Waals surface area (Å²) in [4.78, 5) is 12.4. The minimum Gasteiger partial charge on any atom is -0.493 e. The number of rotatable bonds is 8. The van der Waals surface area contributed by atoms with Crippen LogP contribution < -0.4 is 14.8 Å². The minimum atomic E-state index is -0.524. The molecule has 1 N–H and O–H groups in total. The maximum absolute atomic E-state index is 12.4. The van der Waals surface area contributed by atoms with Gasteiger partial charge in [0, 0.05) is 5.69 Å². The third-order valence-electron chi connectivity index (χ3n) is 3.39. The summed E-state index contributed by atoms with van der Waals surface area (Å²) >= 11 is 0. The average Bonchev–Trinajstić information content (AvgIpc) is 2.59. The Kier molecular flexibility index (Phi) is 6.67. The molecule has 0 spiro atoms. The van der Waals surface area contributed by atoms with Crippen molar-refractivity contribution in [2.75, 3.05) is 11.9 Å². The van der Waals surface area contributed by atoms with Crippen LogP contribution in [-0.2, 0) is 4.79 Å². The molecular formula is C20H25NO3. The number of anilines is 1. The second-order valence-electron chi connectivity index (χ2n) is 6.05. The highest BCUT2D eigenvalue weighted by Crippen LogP contribution is 2.18. The first-order valence-corrected chi connectivity index (χ1v) is 8.34. The first kappa shape index (κ1) is 17.9. The molecule has 2 aromatic rings. The molecule has 0 aliphatic heterocycles. The topological polar surface area (TPSA) is 47.6 Å². The van der Waals surface area contributed by atoms with Crippen molar-refractivity contribution in [1.82, 2.24) is 0 Å². The number of ether oxygens (including phenoxy) is 2. The Morgan fingerprint density at radius 3 is 2.25 bits per heavy atom. The zero-order chi connectivity index (χ0) is 17.4. The van der Waals surface area contributed by atoms with Gasteiger partial charge >= 0.3 is 0 Å². The molecule has 4 nitrogen and oxygen atoms in total. The average molecular weight is 327 g/mol.